The number of amides is 1. The Labute approximate surface area is 185 Å². The quantitative estimate of drug-likeness (QED) is 0.420. The summed E-state index contributed by atoms with van der Waals surface area (Å²) in [5, 5.41) is 0.666. The van der Waals surface area contributed by atoms with E-state index in [1.165, 1.54) is 0 Å². The fourth-order valence-corrected chi connectivity index (χ4v) is 4.22. The third-order valence-corrected chi connectivity index (χ3v) is 5.89. The molecule has 5 nitrogen and oxygen atoms in total. The molecular formula is C25H20ClN3O2. The maximum absolute atomic E-state index is 13.3. The van der Waals surface area contributed by atoms with Crippen molar-refractivity contribution in [2.75, 3.05) is 12.0 Å². The summed E-state index contributed by atoms with van der Waals surface area (Å²) in [6.45, 7) is 2.46. The Kier molecular flexibility index (Phi) is 4.75. The maximum atomic E-state index is 13.3. The highest BCUT2D eigenvalue weighted by Gasteiger charge is 2.29. The van der Waals surface area contributed by atoms with Gasteiger partial charge in [0.25, 0.3) is 5.91 Å². The number of rotatable bonds is 4. The number of aromatic nitrogens is 2. The molecule has 0 spiro atoms. The predicted octanol–water partition coefficient (Wildman–Crippen LogP) is 5.67. The minimum Gasteiger partial charge on any atom is -0.494 e. The largest absolute Gasteiger partial charge is 0.494 e. The van der Waals surface area contributed by atoms with Crippen molar-refractivity contribution in [3.05, 3.63) is 95.0 Å². The predicted molar refractivity (Wildman–Crippen MR) is 122 cm³/mol. The number of hydrogen-bond donors (Lipinski definition) is 0. The standard InChI is InChI=1S/C25H20ClN3O2/c1-16-13-28(15-27-16)23-10-9-19(12-24(23)31-2)29-14-18-8-7-17(11-21(18)25(29)30)20-5-3-4-6-22(20)26/h3-13,15H,14H2,1-2H3. The minimum absolute atomic E-state index is 0.0304. The van der Waals surface area contributed by atoms with Crippen molar-refractivity contribution in [3.63, 3.8) is 0 Å². The summed E-state index contributed by atoms with van der Waals surface area (Å²) in [6, 6.07) is 19.4. The van der Waals surface area contributed by atoms with Gasteiger partial charge in [-0.1, -0.05) is 41.9 Å². The van der Waals surface area contributed by atoms with Gasteiger partial charge in [0.05, 0.1) is 31.4 Å². The van der Waals surface area contributed by atoms with Gasteiger partial charge in [-0.05, 0) is 42.3 Å². The highest BCUT2D eigenvalue weighted by Crippen LogP contribution is 2.36. The molecule has 0 fully saturated rings. The Morgan fingerprint density at radius 2 is 1.87 bits per heavy atom. The second-order valence-electron chi connectivity index (χ2n) is 7.52. The van der Waals surface area contributed by atoms with E-state index in [1.807, 2.05) is 78.4 Å². The number of ether oxygens (including phenoxy) is 1. The molecule has 31 heavy (non-hydrogen) atoms. The van der Waals surface area contributed by atoms with Crippen LogP contribution in [0.1, 0.15) is 21.6 Å². The number of benzene rings is 3. The van der Waals surface area contributed by atoms with Crippen molar-refractivity contribution < 1.29 is 9.53 Å². The summed E-state index contributed by atoms with van der Waals surface area (Å²) in [6.07, 6.45) is 3.69. The molecule has 0 saturated heterocycles. The van der Waals surface area contributed by atoms with Crippen LogP contribution in [0.4, 0.5) is 5.69 Å². The van der Waals surface area contributed by atoms with Crippen LogP contribution in [-0.4, -0.2) is 22.6 Å². The lowest BCUT2D eigenvalue weighted by Crippen LogP contribution is -2.23. The van der Waals surface area contributed by atoms with E-state index in [2.05, 4.69) is 4.98 Å². The van der Waals surface area contributed by atoms with E-state index in [4.69, 9.17) is 16.3 Å². The number of anilines is 1. The van der Waals surface area contributed by atoms with Crippen molar-refractivity contribution in [1.82, 2.24) is 9.55 Å². The molecule has 0 atom stereocenters. The van der Waals surface area contributed by atoms with E-state index < -0.39 is 0 Å². The topological polar surface area (TPSA) is 47.4 Å². The van der Waals surface area contributed by atoms with Gasteiger partial charge in [-0.2, -0.15) is 0 Å². The van der Waals surface area contributed by atoms with Crippen LogP contribution in [0, 0.1) is 6.92 Å². The third kappa shape index (κ3) is 3.37. The molecule has 1 aromatic heterocycles. The Bertz CT molecular complexity index is 1310. The van der Waals surface area contributed by atoms with Gasteiger partial charge in [0.1, 0.15) is 5.75 Å². The first-order valence-corrected chi connectivity index (χ1v) is 10.3. The van der Waals surface area contributed by atoms with Gasteiger partial charge < -0.3 is 14.2 Å². The van der Waals surface area contributed by atoms with E-state index in [-0.39, 0.29) is 5.91 Å². The fourth-order valence-electron chi connectivity index (χ4n) is 3.97. The summed E-state index contributed by atoms with van der Waals surface area (Å²) in [5.41, 5.74) is 6.13. The number of aryl methyl sites for hydroxylation is 1. The van der Waals surface area contributed by atoms with Crippen LogP contribution in [-0.2, 0) is 6.54 Å². The van der Waals surface area contributed by atoms with E-state index in [0.29, 0.717) is 22.9 Å². The first-order valence-electron chi connectivity index (χ1n) is 9.94. The van der Waals surface area contributed by atoms with E-state index in [1.54, 1.807) is 18.3 Å². The molecule has 154 valence electrons. The van der Waals surface area contributed by atoms with E-state index >= 15 is 0 Å². The third-order valence-electron chi connectivity index (χ3n) is 5.56. The zero-order chi connectivity index (χ0) is 21.5. The number of fused-ring (bicyclic) bond motifs is 1. The molecule has 0 radical (unpaired) electrons. The van der Waals surface area contributed by atoms with Crippen LogP contribution in [0.5, 0.6) is 5.75 Å². The molecule has 1 aliphatic heterocycles. The zero-order valence-electron chi connectivity index (χ0n) is 17.2. The van der Waals surface area contributed by atoms with Crippen LogP contribution < -0.4 is 9.64 Å². The second-order valence-corrected chi connectivity index (χ2v) is 7.93. The summed E-state index contributed by atoms with van der Waals surface area (Å²) in [5.74, 6) is 0.646. The Balaban J connectivity index is 1.49. The van der Waals surface area contributed by atoms with Crippen LogP contribution in [0.2, 0.25) is 5.02 Å². The molecule has 5 rings (SSSR count). The van der Waals surface area contributed by atoms with Gasteiger partial charge >= 0.3 is 0 Å². The summed E-state index contributed by atoms with van der Waals surface area (Å²) < 4.78 is 7.52. The minimum atomic E-state index is -0.0304. The SMILES string of the molecule is COc1cc(N2Cc3ccc(-c4ccccc4Cl)cc3C2=O)ccc1-n1cnc(C)c1. The summed E-state index contributed by atoms with van der Waals surface area (Å²) >= 11 is 6.36. The Hall–Kier alpha value is -3.57. The molecule has 0 unspecified atom stereocenters. The number of nitrogens with zero attached hydrogens (tertiary/aromatic N) is 3. The van der Waals surface area contributed by atoms with Crippen LogP contribution >= 0.6 is 11.6 Å². The number of carbonyl (C=O) groups excluding carboxylic acids is 1. The molecule has 0 bridgehead atoms. The average molecular weight is 430 g/mol. The molecule has 1 amide bonds. The van der Waals surface area contributed by atoms with Crippen LogP contribution in [0.15, 0.2) is 73.2 Å². The van der Waals surface area contributed by atoms with Gasteiger partial charge in [-0.3, -0.25) is 4.79 Å². The molecule has 1 aliphatic rings. The second kappa shape index (κ2) is 7.60. The van der Waals surface area contributed by atoms with Gasteiger partial charge in [0, 0.05) is 34.1 Å². The molecule has 4 aromatic rings. The van der Waals surface area contributed by atoms with Crippen molar-refractivity contribution in [3.8, 4) is 22.6 Å². The smallest absolute Gasteiger partial charge is 0.258 e. The lowest BCUT2D eigenvalue weighted by molar-refractivity contribution is 0.0996. The highest BCUT2D eigenvalue weighted by atomic mass is 35.5. The lowest BCUT2D eigenvalue weighted by Gasteiger charge is -2.18. The van der Waals surface area contributed by atoms with E-state index in [0.717, 1.165) is 33.8 Å². The first-order chi connectivity index (χ1) is 15.0. The number of carbonyl (C=O) groups is 1. The number of halogens is 1. The molecule has 0 aliphatic carbocycles. The average Bonchev–Trinajstić information content (AvgIpc) is 3.36. The number of imidazole rings is 1. The number of hydrogen-bond acceptors (Lipinski definition) is 3. The maximum Gasteiger partial charge on any atom is 0.258 e. The number of methoxy groups -OCH3 is 1. The highest BCUT2D eigenvalue weighted by molar-refractivity contribution is 6.33. The van der Waals surface area contributed by atoms with Crippen molar-refractivity contribution >= 4 is 23.2 Å². The lowest BCUT2D eigenvalue weighted by atomic mass is 10.0. The molecule has 0 saturated carbocycles. The van der Waals surface area contributed by atoms with Gasteiger partial charge in [0.2, 0.25) is 0 Å². The fraction of sp³-hybridized carbons (Fsp3) is 0.120. The molecule has 3 aromatic carbocycles. The zero-order valence-corrected chi connectivity index (χ0v) is 17.9. The summed E-state index contributed by atoms with van der Waals surface area (Å²) in [4.78, 5) is 19.3. The van der Waals surface area contributed by atoms with Crippen molar-refractivity contribution in [2.45, 2.75) is 13.5 Å². The van der Waals surface area contributed by atoms with Crippen molar-refractivity contribution in [1.29, 1.82) is 0 Å². The van der Waals surface area contributed by atoms with Crippen LogP contribution in [0.25, 0.3) is 16.8 Å². The van der Waals surface area contributed by atoms with Gasteiger partial charge in [-0.15, -0.1) is 0 Å². The van der Waals surface area contributed by atoms with Gasteiger partial charge in [-0.25, -0.2) is 4.98 Å². The molecular weight excluding hydrogens is 410 g/mol. The summed E-state index contributed by atoms with van der Waals surface area (Å²) in [7, 11) is 1.63. The Morgan fingerprint density at radius 3 is 2.61 bits per heavy atom. The molecule has 0 N–H and O–H groups in total. The first kappa shape index (κ1) is 19.4. The van der Waals surface area contributed by atoms with E-state index in [9.17, 15) is 4.79 Å². The molecule has 6 heteroatoms. The molecule has 2 heterocycles. The van der Waals surface area contributed by atoms with Crippen LogP contribution in [0.3, 0.4) is 0 Å². The Morgan fingerprint density at radius 1 is 1.03 bits per heavy atom. The monoisotopic (exact) mass is 429 g/mol. The normalized spacial score (nSPS) is 12.9. The van der Waals surface area contributed by atoms with Gasteiger partial charge in [0.15, 0.2) is 0 Å². The van der Waals surface area contributed by atoms with Crippen molar-refractivity contribution in [2.24, 2.45) is 0 Å².